The molecule has 0 aromatic heterocycles. The van der Waals surface area contributed by atoms with Crippen molar-refractivity contribution in [1.29, 1.82) is 0 Å². The quantitative estimate of drug-likeness (QED) is 0.223. The molecule has 0 fully saturated rings. The van der Waals surface area contributed by atoms with E-state index >= 15 is 0 Å². The molecule has 1 aromatic rings. The van der Waals surface area contributed by atoms with E-state index in [1.165, 1.54) is 77.0 Å². The molecule has 0 amide bonds. The van der Waals surface area contributed by atoms with Crippen molar-refractivity contribution in [2.75, 3.05) is 13.1 Å². The number of carbonyl (C=O) groups is 1. The van der Waals surface area contributed by atoms with Gasteiger partial charge in [-0.3, -0.25) is 9.69 Å². The van der Waals surface area contributed by atoms with Crippen molar-refractivity contribution in [3.63, 3.8) is 0 Å². The lowest BCUT2D eigenvalue weighted by Gasteiger charge is -2.29. The molecule has 30 heavy (non-hydrogen) atoms. The Morgan fingerprint density at radius 3 is 1.60 bits per heavy atom. The molecule has 1 N–H and O–H groups in total. The Kier molecular flexibility index (Phi) is 16.4. The van der Waals surface area contributed by atoms with Crippen LogP contribution in [-0.4, -0.2) is 35.1 Å². The molecule has 0 saturated carbocycles. The van der Waals surface area contributed by atoms with E-state index < -0.39 is 12.0 Å². The molecule has 1 rings (SSSR count). The highest BCUT2D eigenvalue weighted by molar-refractivity contribution is 5.74. The predicted octanol–water partition coefficient (Wildman–Crippen LogP) is 7.49. The zero-order valence-corrected chi connectivity index (χ0v) is 19.8. The highest BCUT2D eigenvalue weighted by atomic mass is 16.4. The fraction of sp³-hybridized carbons (Fsp3) is 0.741. The summed E-state index contributed by atoms with van der Waals surface area (Å²) in [6.07, 6.45) is 18.4. The largest absolute Gasteiger partial charge is 0.480 e. The number of nitrogens with zero attached hydrogens (tertiary/aromatic N) is 1. The van der Waals surface area contributed by atoms with Crippen LogP contribution in [0.5, 0.6) is 0 Å². The number of unbranched alkanes of at least 4 members (excludes halogenated alkanes) is 12. The van der Waals surface area contributed by atoms with Crippen molar-refractivity contribution < 1.29 is 9.90 Å². The molecule has 0 saturated heterocycles. The van der Waals surface area contributed by atoms with Crippen molar-refractivity contribution in [1.82, 2.24) is 4.90 Å². The third-order valence-corrected chi connectivity index (χ3v) is 6.10. The van der Waals surface area contributed by atoms with Crippen LogP contribution in [0.1, 0.15) is 109 Å². The number of carboxylic acid groups (broad SMARTS) is 1. The van der Waals surface area contributed by atoms with E-state index in [9.17, 15) is 9.90 Å². The van der Waals surface area contributed by atoms with E-state index in [0.29, 0.717) is 6.42 Å². The second-order valence-electron chi connectivity index (χ2n) is 8.82. The van der Waals surface area contributed by atoms with Crippen LogP contribution in [0, 0.1) is 0 Å². The average molecular weight is 418 g/mol. The van der Waals surface area contributed by atoms with Gasteiger partial charge in [0, 0.05) is 0 Å². The van der Waals surface area contributed by atoms with Gasteiger partial charge in [0.1, 0.15) is 6.04 Å². The van der Waals surface area contributed by atoms with Gasteiger partial charge in [0.2, 0.25) is 0 Å². The van der Waals surface area contributed by atoms with Crippen molar-refractivity contribution >= 4 is 5.97 Å². The van der Waals surface area contributed by atoms with E-state index in [1.54, 1.807) is 0 Å². The summed E-state index contributed by atoms with van der Waals surface area (Å²) < 4.78 is 0. The van der Waals surface area contributed by atoms with Crippen LogP contribution >= 0.6 is 0 Å². The minimum Gasteiger partial charge on any atom is -0.480 e. The summed E-state index contributed by atoms with van der Waals surface area (Å²) in [5.41, 5.74) is 1.12. The van der Waals surface area contributed by atoms with Crippen molar-refractivity contribution in [3.8, 4) is 0 Å². The summed E-state index contributed by atoms with van der Waals surface area (Å²) in [6, 6.07) is 9.70. The second kappa shape index (κ2) is 18.4. The van der Waals surface area contributed by atoms with Gasteiger partial charge in [-0.2, -0.15) is 0 Å². The molecule has 3 heteroatoms. The smallest absolute Gasteiger partial charge is 0.321 e. The van der Waals surface area contributed by atoms with Gasteiger partial charge in [0.05, 0.1) is 0 Å². The molecule has 172 valence electrons. The minimum atomic E-state index is -0.676. The lowest BCUT2D eigenvalue weighted by molar-refractivity contribution is -0.143. The molecule has 0 aliphatic rings. The topological polar surface area (TPSA) is 40.5 Å². The van der Waals surface area contributed by atoms with Crippen LogP contribution in [0.3, 0.4) is 0 Å². The molecule has 0 bridgehead atoms. The molecule has 0 heterocycles. The summed E-state index contributed by atoms with van der Waals surface area (Å²) in [5.74, 6) is -0.676. The molecular weight excluding hydrogens is 370 g/mol. The maximum Gasteiger partial charge on any atom is 0.321 e. The zero-order chi connectivity index (χ0) is 21.9. The molecule has 0 spiro atoms. The van der Waals surface area contributed by atoms with Crippen LogP contribution in [-0.2, 0) is 11.2 Å². The van der Waals surface area contributed by atoms with Gasteiger partial charge in [0.15, 0.2) is 0 Å². The number of rotatable bonds is 20. The first kappa shape index (κ1) is 26.7. The van der Waals surface area contributed by atoms with Crippen LogP contribution in [0.15, 0.2) is 30.3 Å². The second-order valence-corrected chi connectivity index (χ2v) is 8.82. The Hall–Kier alpha value is -1.35. The normalized spacial score (nSPS) is 12.4. The molecule has 3 nitrogen and oxygen atoms in total. The first-order chi connectivity index (χ1) is 14.7. The van der Waals surface area contributed by atoms with E-state index in [0.717, 1.165) is 31.5 Å². The third-order valence-electron chi connectivity index (χ3n) is 6.10. The maximum absolute atomic E-state index is 12.1. The molecule has 0 radical (unpaired) electrons. The Morgan fingerprint density at radius 1 is 0.733 bits per heavy atom. The van der Waals surface area contributed by atoms with Crippen LogP contribution in [0.4, 0.5) is 0 Å². The summed E-state index contributed by atoms with van der Waals surface area (Å²) in [4.78, 5) is 14.4. The molecule has 1 aromatic carbocycles. The molecule has 0 aliphatic heterocycles. The minimum absolute atomic E-state index is 0.410. The molecular formula is C27H47NO2. The van der Waals surface area contributed by atoms with Gasteiger partial charge in [-0.1, -0.05) is 121 Å². The van der Waals surface area contributed by atoms with Crippen molar-refractivity contribution in [2.45, 2.75) is 116 Å². The fourth-order valence-electron chi connectivity index (χ4n) is 4.18. The zero-order valence-electron chi connectivity index (χ0n) is 19.8. The molecule has 1 unspecified atom stereocenters. The van der Waals surface area contributed by atoms with Gasteiger partial charge < -0.3 is 5.11 Å². The van der Waals surface area contributed by atoms with E-state index in [1.807, 2.05) is 18.2 Å². The Labute approximate surface area is 186 Å². The molecule has 1 atom stereocenters. The summed E-state index contributed by atoms with van der Waals surface area (Å²) in [5, 5.41) is 9.96. The third kappa shape index (κ3) is 13.1. The van der Waals surface area contributed by atoms with Gasteiger partial charge >= 0.3 is 5.97 Å². The Morgan fingerprint density at radius 2 is 1.17 bits per heavy atom. The van der Waals surface area contributed by atoms with Gasteiger partial charge in [0.25, 0.3) is 0 Å². The monoisotopic (exact) mass is 417 g/mol. The number of aliphatic carboxylic acids is 1. The van der Waals surface area contributed by atoms with Crippen molar-refractivity contribution in [3.05, 3.63) is 35.9 Å². The Bertz CT molecular complexity index is 499. The number of hydrogen-bond donors (Lipinski definition) is 1. The summed E-state index contributed by atoms with van der Waals surface area (Å²) in [7, 11) is 0. The number of carboxylic acids is 1. The SMILES string of the molecule is CCCCCCCCCN(CCCCCCCCC)C(Cc1ccccc1)C(=O)O. The highest BCUT2D eigenvalue weighted by Crippen LogP contribution is 2.15. The standard InChI is InChI=1S/C27H47NO2/c1-3-5-7-9-11-13-18-22-28(23-19-14-12-10-8-6-4-2)26(27(29)30)24-25-20-16-15-17-21-25/h15-17,20-21,26H,3-14,18-19,22-24H2,1-2H3,(H,29,30). The highest BCUT2D eigenvalue weighted by Gasteiger charge is 2.25. The summed E-state index contributed by atoms with van der Waals surface area (Å²) >= 11 is 0. The maximum atomic E-state index is 12.1. The van der Waals surface area contributed by atoms with Crippen LogP contribution in [0.2, 0.25) is 0 Å². The van der Waals surface area contributed by atoms with Gasteiger partial charge in [-0.05, 0) is 37.9 Å². The summed E-state index contributed by atoms with van der Waals surface area (Å²) in [6.45, 7) is 6.32. The van der Waals surface area contributed by atoms with E-state index in [2.05, 4.69) is 30.9 Å². The predicted molar refractivity (Wildman–Crippen MR) is 129 cm³/mol. The number of benzene rings is 1. The number of hydrogen-bond acceptors (Lipinski definition) is 2. The first-order valence-corrected chi connectivity index (χ1v) is 12.7. The van der Waals surface area contributed by atoms with Gasteiger partial charge in [-0.15, -0.1) is 0 Å². The van der Waals surface area contributed by atoms with Gasteiger partial charge in [-0.25, -0.2) is 0 Å². The van der Waals surface area contributed by atoms with Crippen LogP contribution < -0.4 is 0 Å². The lowest BCUT2D eigenvalue weighted by Crippen LogP contribution is -2.43. The average Bonchev–Trinajstić information content (AvgIpc) is 2.75. The first-order valence-electron chi connectivity index (χ1n) is 12.7. The lowest BCUT2D eigenvalue weighted by atomic mass is 10.0. The van der Waals surface area contributed by atoms with E-state index in [-0.39, 0.29) is 0 Å². The van der Waals surface area contributed by atoms with Crippen molar-refractivity contribution in [2.24, 2.45) is 0 Å². The van der Waals surface area contributed by atoms with E-state index in [4.69, 9.17) is 0 Å². The fourth-order valence-corrected chi connectivity index (χ4v) is 4.18. The molecule has 0 aliphatic carbocycles. The van der Waals surface area contributed by atoms with Crippen LogP contribution in [0.25, 0.3) is 0 Å². The Balaban J connectivity index is 2.52.